The summed E-state index contributed by atoms with van der Waals surface area (Å²) in [5.74, 6) is 0. The van der Waals surface area contributed by atoms with E-state index >= 15 is 0 Å². The number of rotatable bonds is 3. The van der Waals surface area contributed by atoms with Gasteiger partial charge in [0.15, 0.2) is 0 Å². The first-order valence-electron chi connectivity index (χ1n) is 9.60. The molecule has 2 aromatic carbocycles. The lowest BCUT2D eigenvalue weighted by Gasteiger charge is -2.26. The average molecular weight is 388 g/mol. The van der Waals surface area contributed by atoms with E-state index in [-0.39, 0.29) is 11.6 Å². The van der Waals surface area contributed by atoms with Gasteiger partial charge in [-0.2, -0.15) is 0 Å². The molecule has 2 N–H and O–H groups in total. The first-order chi connectivity index (χ1) is 13.7. The zero-order valence-corrected chi connectivity index (χ0v) is 16.3. The van der Waals surface area contributed by atoms with Gasteiger partial charge in [0.2, 0.25) is 0 Å². The molecule has 0 aliphatic heterocycles. The Kier molecular flexibility index (Phi) is 4.34. The van der Waals surface area contributed by atoms with Crippen LogP contribution in [0.25, 0.3) is 20.7 Å². The molecule has 2 heterocycles. The van der Waals surface area contributed by atoms with Gasteiger partial charge < -0.3 is 5.73 Å². The number of hydrogen-bond donors (Lipinski definition) is 1. The van der Waals surface area contributed by atoms with E-state index < -0.39 is 0 Å². The number of aromatic nitrogens is 2. The highest BCUT2D eigenvalue weighted by molar-refractivity contribution is 7.22. The minimum absolute atomic E-state index is 0.0733. The van der Waals surface area contributed by atoms with Crippen LogP contribution in [-0.4, -0.2) is 9.55 Å². The summed E-state index contributed by atoms with van der Waals surface area (Å²) in [6, 6.07) is 18.8. The predicted octanol–water partition coefficient (Wildman–Crippen LogP) is 4.31. The summed E-state index contributed by atoms with van der Waals surface area (Å²) < 4.78 is 2.58. The summed E-state index contributed by atoms with van der Waals surface area (Å²) >= 11 is 1.54. The maximum absolute atomic E-state index is 13.2. The van der Waals surface area contributed by atoms with Crippen molar-refractivity contribution in [3.05, 3.63) is 88.0 Å². The van der Waals surface area contributed by atoms with E-state index in [1.165, 1.54) is 28.0 Å². The lowest BCUT2D eigenvalue weighted by molar-refractivity contribution is 0.429. The molecule has 0 saturated heterocycles. The van der Waals surface area contributed by atoms with Crippen LogP contribution >= 0.6 is 11.3 Å². The summed E-state index contributed by atoms with van der Waals surface area (Å²) in [6.45, 7) is 0.568. The molecule has 0 amide bonds. The molecule has 5 rings (SSSR count). The Morgan fingerprint density at radius 3 is 2.79 bits per heavy atom. The molecule has 1 aliphatic rings. The molecule has 0 bridgehead atoms. The molecule has 2 aromatic heterocycles. The zero-order valence-electron chi connectivity index (χ0n) is 15.5. The van der Waals surface area contributed by atoms with Crippen LogP contribution in [0.2, 0.25) is 0 Å². The van der Waals surface area contributed by atoms with E-state index in [4.69, 9.17) is 5.73 Å². The molecule has 4 aromatic rings. The third kappa shape index (κ3) is 2.97. The Morgan fingerprint density at radius 1 is 1.11 bits per heavy atom. The van der Waals surface area contributed by atoms with Crippen molar-refractivity contribution >= 4 is 21.6 Å². The highest BCUT2D eigenvalue weighted by Crippen LogP contribution is 2.32. The topological polar surface area (TPSA) is 60.9 Å². The van der Waals surface area contributed by atoms with Gasteiger partial charge in [0.05, 0.1) is 11.8 Å². The zero-order chi connectivity index (χ0) is 19.1. The highest BCUT2D eigenvalue weighted by Gasteiger charge is 2.22. The van der Waals surface area contributed by atoms with Crippen LogP contribution in [-0.2, 0) is 19.4 Å². The molecule has 0 unspecified atom stereocenters. The quantitative estimate of drug-likeness (QED) is 0.570. The molecular weight excluding hydrogens is 366 g/mol. The Hall–Kier alpha value is -2.76. The van der Waals surface area contributed by atoms with Crippen LogP contribution in [0.4, 0.5) is 0 Å². The van der Waals surface area contributed by atoms with Gasteiger partial charge >= 0.3 is 0 Å². The SMILES string of the molecule is NCc1ccc2c(c1)CC[C@H](n1cnc3cc(-c4ccccc4)sc3c1=O)C2. The molecule has 0 fully saturated rings. The fraction of sp³-hybridized carbons (Fsp3) is 0.217. The van der Waals surface area contributed by atoms with Crippen molar-refractivity contribution in [3.63, 3.8) is 0 Å². The number of thiophene rings is 1. The van der Waals surface area contributed by atoms with Crippen molar-refractivity contribution in [2.45, 2.75) is 31.8 Å². The number of fused-ring (bicyclic) bond motifs is 2. The van der Waals surface area contributed by atoms with Crippen LogP contribution in [0.5, 0.6) is 0 Å². The molecule has 1 aliphatic carbocycles. The van der Waals surface area contributed by atoms with Gasteiger partial charge in [-0.25, -0.2) is 4.98 Å². The van der Waals surface area contributed by atoms with Crippen molar-refractivity contribution in [1.82, 2.24) is 9.55 Å². The molecule has 140 valence electrons. The van der Waals surface area contributed by atoms with E-state index in [1.807, 2.05) is 28.8 Å². The van der Waals surface area contributed by atoms with Crippen molar-refractivity contribution in [2.24, 2.45) is 5.73 Å². The summed E-state index contributed by atoms with van der Waals surface area (Å²) in [4.78, 5) is 18.9. The van der Waals surface area contributed by atoms with Crippen LogP contribution in [0.3, 0.4) is 0 Å². The second-order valence-electron chi connectivity index (χ2n) is 7.35. The summed E-state index contributed by atoms with van der Waals surface area (Å²) in [5.41, 5.74) is 11.6. The molecule has 0 saturated carbocycles. The maximum Gasteiger partial charge on any atom is 0.271 e. The number of nitrogens with two attached hydrogens (primary N) is 1. The Labute approximate surface area is 167 Å². The highest BCUT2D eigenvalue weighted by atomic mass is 32.1. The first kappa shape index (κ1) is 17.3. The lowest BCUT2D eigenvalue weighted by Crippen LogP contribution is -2.28. The third-order valence-corrected chi connectivity index (χ3v) is 6.78. The molecule has 28 heavy (non-hydrogen) atoms. The van der Waals surface area contributed by atoms with E-state index in [0.29, 0.717) is 6.54 Å². The van der Waals surface area contributed by atoms with Crippen molar-refractivity contribution in [1.29, 1.82) is 0 Å². The second-order valence-corrected chi connectivity index (χ2v) is 8.40. The minimum atomic E-state index is 0.0733. The van der Waals surface area contributed by atoms with Gasteiger partial charge in [0.1, 0.15) is 4.70 Å². The fourth-order valence-electron chi connectivity index (χ4n) is 4.08. The number of nitrogens with zero attached hydrogens (tertiary/aromatic N) is 2. The maximum atomic E-state index is 13.2. The monoisotopic (exact) mass is 387 g/mol. The van der Waals surface area contributed by atoms with Gasteiger partial charge in [-0.15, -0.1) is 11.3 Å². The van der Waals surface area contributed by atoms with Crippen molar-refractivity contribution in [2.75, 3.05) is 0 Å². The summed E-state index contributed by atoms with van der Waals surface area (Å²) in [5, 5.41) is 0. The Morgan fingerprint density at radius 2 is 1.96 bits per heavy atom. The fourth-order valence-corrected chi connectivity index (χ4v) is 5.14. The molecule has 0 radical (unpaired) electrons. The normalized spacial score (nSPS) is 16.2. The van der Waals surface area contributed by atoms with E-state index in [9.17, 15) is 4.79 Å². The minimum Gasteiger partial charge on any atom is -0.326 e. The van der Waals surface area contributed by atoms with Crippen LogP contribution in [0.15, 0.2) is 65.7 Å². The van der Waals surface area contributed by atoms with Gasteiger partial charge in [0, 0.05) is 17.5 Å². The Bertz CT molecular complexity index is 1210. The average Bonchev–Trinajstić information content (AvgIpc) is 3.19. The van der Waals surface area contributed by atoms with E-state index in [0.717, 1.165) is 39.9 Å². The van der Waals surface area contributed by atoms with Crippen LogP contribution in [0, 0.1) is 0 Å². The smallest absolute Gasteiger partial charge is 0.271 e. The van der Waals surface area contributed by atoms with Gasteiger partial charge in [-0.3, -0.25) is 9.36 Å². The molecule has 1 atom stereocenters. The van der Waals surface area contributed by atoms with Crippen molar-refractivity contribution in [3.8, 4) is 10.4 Å². The largest absolute Gasteiger partial charge is 0.326 e. The number of benzene rings is 2. The van der Waals surface area contributed by atoms with E-state index in [2.05, 4.69) is 35.3 Å². The molecule has 0 spiro atoms. The lowest BCUT2D eigenvalue weighted by atomic mass is 9.87. The Balaban J connectivity index is 1.51. The van der Waals surface area contributed by atoms with Crippen LogP contribution in [0.1, 0.15) is 29.2 Å². The number of hydrogen-bond acceptors (Lipinski definition) is 4. The molecular formula is C23H21N3OS. The molecule has 5 heteroatoms. The predicted molar refractivity (Wildman–Crippen MR) is 115 cm³/mol. The van der Waals surface area contributed by atoms with Gasteiger partial charge in [-0.1, -0.05) is 48.5 Å². The van der Waals surface area contributed by atoms with Crippen LogP contribution < -0.4 is 11.3 Å². The van der Waals surface area contributed by atoms with Gasteiger partial charge in [-0.05, 0) is 47.6 Å². The van der Waals surface area contributed by atoms with Gasteiger partial charge in [0.25, 0.3) is 5.56 Å². The first-order valence-corrected chi connectivity index (χ1v) is 10.4. The standard InChI is InChI=1S/C23H21N3OS/c24-13-15-6-7-18-11-19(9-8-17(18)10-15)26-14-25-20-12-21(28-22(20)23(26)27)16-4-2-1-3-5-16/h1-7,10,12,14,19H,8-9,11,13,24H2/t19-/m0/s1. The summed E-state index contributed by atoms with van der Waals surface area (Å²) in [7, 11) is 0. The second kappa shape index (κ2) is 7.00. The molecule has 4 nitrogen and oxygen atoms in total. The van der Waals surface area contributed by atoms with E-state index in [1.54, 1.807) is 6.33 Å². The third-order valence-electron chi connectivity index (χ3n) is 5.62. The summed E-state index contributed by atoms with van der Waals surface area (Å²) in [6.07, 6.45) is 4.52. The number of aryl methyl sites for hydroxylation is 1. The van der Waals surface area contributed by atoms with Crippen molar-refractivity contribution < 1.29 is 0 Å².